The number of hydrogen-bond acceptors (Lipinski definition) is 6. The molecule has 0 aromatic heterocycles. The SMILES string of the molecule is CC/C=C\C/C=C\C/C=C\C/C=C\C/C=C\C/C=C\CCCCC(=O)OCC(COC(=O)CCCCCCC/C=C\CCCC)OC(=O)CCCC/C=C\C/C=C\C/C=C\C/C=C\C/C=C\C/C=C\CC. The van der Waals surface area contributed by atoms with E-state index in [0.29, 0.717) is 19.3 Å². The molecule has 6 heteroatoms. The van der Waals surface area contributed by atoms with Crippen molar-refractivity contribution in [3.63, 3.8) is 0 Å². The van der Waals surface area contributed by atoms with Gasteiger partial charge in [0.05, 0.1) is 0 Å². The van der Waals surface area contributed by atoms with Gasteiger partial charge in [-0.2, -0.15) is 0 Å². The molecule has 0 N–H and O–H groups in total. The minimum Gasteiger partial charge on any atom is -0.462 e. The van der Waals surface area contributed by atoms with Gasteiger partial charge in [-0.1, -0.05) is 211 Å². The Hall–Kier alpha value is -4.97. The number of hydrogen-bond donors (Lipinski definition) is 0. The van der Waals surface area contributed by atoms with Gasteiger partial charge >= 0.3 is 17.9 Å². The molecule has 0 amide bonds. The third kappa shape index (κ3) is 55.8. The molecule has 1 atom stereocenters. The van der Waals surface area contributed by atoms with Crippen molar-refractivity contribution in [2.24, 2.45) is 0 Å². The number of carbonyl (C=O) groups is 3. The molecule has 6 nitrogen and oxygen atoms in total. The quantitative estimate of drug-likeness (QED) is 0.0262. The van der Waals surface area contributed by atoms with E-state index in [0.717, 1.165) is 135 Å². The summed E-state index contributed by atoms with van der Waals surface area (Å²) in [6.07, 6.45) is 83.8. The van der Waals surface area contributed by atoms with Gasteiger partial charge in [0.25, 0.3) is 0 Å². The predicted octanol–water partition coefficient (Wildman–Crippen LogP) is 19.0. The van der Waals surface area contributed by atoms with Gasteiger partial charge in [-0.05, 0) is 141 Å². The van der Waals surface area contributed by atoms with Crippen LogP contribution < -0.4 is 0 Å². The van der Waals surface area contributed by atoms with Gasteiger partial charge in [-0.3, -0.25) is 14.4 Å². The van der Waals surface area contributed by atoms with Gasteiger partial charge < -0.3 is 14.2 Å². The molecule has 0 rings (SSSR count). The molecule has 0 radical (unpaired) electrons. The van der Waals surface area contributed by atoms with Gasteiger partial charge in [0, 0.05) is 19.3 Å². The van der Waals surface area contributed by atoms with Crippen LogP contribution in [0.15, 0.2) is 158 Å². The standard InChI is InChI=1S/C65H100O6/c1-4-7-10-13-16-19-22-24-26-28-30-32-34-36-38-40-43-46-49-52-55-58-64(67)70-61-62(60-69-63(66)57-54-51-48-45-42-21-18-15-12-9-6-3)71-65(68)59-56-53-50-47-44-41-39-37-35-33-31-29-27-25-23-20-17-14-11-8-5-2/h7-8,10-11,15-20,24-27,30-33,36-39,43-44,46-47,62H,4-6,9,12-14,21-23,28-29,34-35,40-42,45,48-61H2,1-3H3/b10-7-,11-8-,18-15-,19-16-,20-17-,26-24-,27-25-,32-30-,33-31-,38-36-,39-37-,46-43-,47-44-. The van der Waals surface area contributed by atoms with E-state index in [2.05, 4.69) is 179 Å². The van der Waals surface area contributed by atoms with E-state index in [1.54, 1.807) is 0 Å². The van der Waals surface area contributed by atoms with Crippen LogP contribution in [0.2, 0.25) is 0 Å². The first-order valence-electron chi connectivity index (χ1n) is 28.0. The molecule has 0 aliphatic heterocycles. The summed E-state index contributed by atoms with van der Waals surface area (Å²) in [7, 11) is 0. The summed E-state index contributed by atoms with van der Waals surface area (Å²) in [6.45, 7) is 6.27. The van der Waals surface area contributed by atoms with E-state index in [1.165, 1.54) is 25.7 Å². The molecule has 0 aliphatic carbocycles. The first kappa shape index (κ1) is 66.0. The Morgan fingerprint density at radius 3 is 0.901 bits per heavy atom. The maximum absolute atomic E-state index is 12.8. The van der Waals surface area contributed by atoms with E-state index in [4.69, 9.17) is 14.2 Å². The Morgan fingerprint density at radius 2 is 0.549 bits per heavy atom. The lowest BCUT2D eigenvalue weighted by molar-refractivity contribution is -0.167. The third-order valence-corrected chi connectivity index (χ3v) is 11.0. The zero-order chi connectivity index (χ0) is 51.4. The molecule has 396 valence electrons. The second-order valence-electron chi connectivity index (χ2n) is 17.7. The number of esters is 3. The van der Waals surface area contributed by atoms with Crippen molar-refractivity contribution in [2.75, 3.05) is 13.2 Å². The fraction of sp³-hybridized carbons (Fsp3) is 0.554. The van der Waals surface area contributed by atoms with Crippen molar-refractivity contribution < 1.29 is 28.6 Å². The molecule has 0 heterocycles. The zero-order valence-corrected chi connectivity index (χ0v) is 45.2. The van der Waals surface area contributed by atoms with Crippen LogP contribution in [0.3, 0.4) is 0 Å². The zero-order valence-electron chi connectivity index (χ0n) is 45.2. The van der Waals surface area contributed by atoms with Crippen molar-refractivity contribution in [2.45, 2.75) is 219 Å². The Balaban J connectivity index is 4.55. The Bertz CT molecular complexity index is 1640. The van der Waals surface area contributed by atoms with Gasteiger partial charge in [-0.15, -0.1) is 0 Å². The van der Waals surface area contributed by atoms with Crippen LogP contribution in [0.4, 0.5) is 0 Å². The topological polar surface area (TPSA) is 78.9 Å². The van der Waals surface area contributed by atoms with Gasteiger partial charge in [-0.25, -0.2) is 0 Å². The molecular weight excluding hydrogens is 877 g/mol. The second kappa shape index (κ2) is 57.6. The summed E-state index contributed by atoms with van der Waals surface area (Å²) < 4.78 is 16.7. The van der Waals surface area contributed by atoms with E-state index in [1.807, 2.05) is 0 Å². The number of allylic oxidation sites excluding steroid dienone is 26. The summed E-state index contributed by atoms with van der Waals surface area (Å²) in [5, 5.41) is 0. The van der Waals surface area contributed by atoms with Crippen LogP contribution in [0.25, 0.3) is 0 Å². The lowest BCUT2D eigenvalue weighted by Gasteiger charge is -2.18. The lowest BCUT2D eigenvalue weighted by Crippen LogP contribution is -2.30. The summed E-state index contributed by atoms with van der Waals surface area (Å²) in [4.78, 5) is 38.1. The summed E-state index contributed by atoms with van der Waals surface area (Å²) >= 11 is 0. The summed E-state index contributed by atoms with van der Waals surface area (Å²) in [5.74, 6) is -1.03. The average Bonchev–Trinajstić information content (AvgIpc) is 3.37. The second-order valence-corrected chi connectivity index (χ2v) is 17.7. The number of rotatable bonds is 48. The molecule has 0 saturated carbocycles. The van der Waals surface area contributed by atoms with Crippen LogP contribution in [0, 0.1) is 0 Å². The maximum Gasteiger partial charge on any atom is 0.306 e. The Kier molecular flexibility index (Phi) is 53.6. The molecule has 1 unspecified atom stereocenters. The van der Waals surface area contributed by atoms with E-state index >= 15 is 0 Å². The highest BCUT2D eigenvalue weighted by molar-refractivity contribution is 5.71. The van der Waals surface area contributed by atoms with Crippen molar-refractivity contribution >= 4 is 17.9 Å². The molecule has 71 heavy (non-hydrogen) atoms. The highest BCUT2D eigenvalue weighted by atomic mass is 16.6. The van der Waals surface area contributed by atoms with Crippen molar-refractivity contribution in [1.29, 1.82) is 0 Å². The van der Waals surface area contributed by atoms with Gasteiger partial charge in [0.15, 0.2) is 6.10 Å². The molecular formula is C65H100O6. The van der Waals surface area contributed by atoms with Crippen molar-refractivity contribution in [3.8, 4) is 0 Å². The minimum absolute atomic E-state index is 0.122. The van der Waals surface area contributed by atoms with Crippen LogP contribution in [0.1, 0.15) is 213 Å². The molecule has 0 fully saturated rings. The average molecular weight is 978 g/mol. The highest BCUT2D eigenvalue weighted by Gasteiger charge is 2.19. The van der Waals surface area contributed by atoms with Crippen molar-refractivity contribution in [3.05, 3.63) is 158 Å². The number of ether oxygens (including phenoxy) is 3. The summed E-state index contributed by atoms with van der Waals surface area (Å²) in [6, 6.07) is 0. The highest BCUT2D eigenvalue weighted by Crippen LogP contribution is 2.12. The Morgan fingerprint density at radius 1 is 0.296 bits per heavy atom. The first-order valence-corrected chi connectivity index (χ1v) is 28.0. The molecule has 0 aliphatic rings. The largest absolute Gasteiger partial charge is 0.462 e. The molecule has 0 saturated heterocycles. The van der Waals surface area contributed by atoms with Gasteiger partial charge in [0.1, 0.15) is 13.2 Å². The lowest BCUT2D eigenvalue weighted by atomic mass is 10.1. The normalized spacial score (nSPS) is 13.3. The van der Waals surface area contributed by atoms with Crippen LogP contribution in [-0.4, -0.2) is 37.2 Å². The fourth-order valence-corrected chi connectivity index (χ4v) is 6.84. The van der Waals surface area contributed by atoms with Crippen LogP contribution >= 0.6 is 0 Å². The smallest absolute Gasteiger partial charge is 0.306 e. The first-order chi connectivity index (χ1) is 35.0. The third-order valence-electron chi connectivity index (χ3n) is 11.0. The van der Waals surface area contributed by atoms with Gasteiger partial charge in [0.2, 0.25) is 0 Å². The molecule has 0 spiro atoms. The van der Waals surface area contributed by atoms with E-state index in [-0.39, 0.29) is 44.0 Å². The van der Waals surface area contributed by atoms with Crippen molar-refractivity contribution in [1.82, 2.24) is 0 Å². The summed E-state index contributed by atoms with van der Waals surface area (Å²) in [5.41, 5.74) is 0. The number of carbonyl (C=O) groups excluding carboxylic acids is 3. The van der Waals surface area contributed by atoms with Crippen LogP contribution in [0.5, 0.6) is 0 Å². The fourth-order valence-electron chi connectivity index (χ4n) is 6.84. The monoisotopic (exact) mass is 977 g/mol. The number of unbranched alkanes of at least 4 members (excludes halogenated alkanes) is 11. The minimum atomic E-state index is -0.831. The van der Waals surface area contributed by atoms with E-state index < -0.39 is 6.10 Å². The molecule has 0 bridgehead atoms. The predicted molar refractivity (Wildman–Crippen MR) is 306 cm³/mol. The molecule has 0 aromatic rings. The maximum atomic E-state index is 12.8. The Labute approximate surface area is 435 Å². The van der Waals surface area contributed by atoms with E-state index in [9.17, 15) is 14.4 Å². The molecule has 0 aromatic carbocycles. The van der Waals surface area contributed by atoms with Crippen LogP contribution in [-0.2, 0) is 28.6 Å².